The molecular weight excluding hydrogens is 245 g/mol. The zero-order valence-corrected chi connectivity index (χ0v) is 10.5. The number of carbonyl (C=O) groups is 1. The standard InChI is InChI=1S/C14H16FN3O/c15-11-4-1-5-12-10(11)7-13(18-12)14(19)17-9-3-2-6-16-8-9/h1,4-5,7,9,16,18H,2-3,6,8H2,(H,17,19). The maximum atomic E-state index is 13.6. The molecule has 3 rings (SSSR count). The van der Waals surface area contributed by atoms with Crippen molar-refractivity contribution in [2.75, 3.05) is 13.1 Å². The van der Waals surface area contributed by atoms with Crippen molar-refractivity contribution in [3.05, 3.63) is 35.8 Å². The van der Waals surface area contributed by atoms with Gasteiger partial charge >= 0.3 is 0 Å². The highest BCUT2D eigenvalue weighted by atomic mass is 19.1. The molecule has 2 aromatic rings. The number of hydrogen-bond donors (Lipinski definition) is 3. The molecule has 5 heteroatoms. The minimum atomic E-state index is -0.313. The van der Waals surface area contributed by atoms with Crippen LogP contribution in [0.4, 0.5) is 4.39 Å². The van der Waals surface area contributed by atoms with Gasteiger partial charge in [0.2, 0.25) is 0 Å². The molecule has 100 valence electrons. The van der Waals surface area contributed by atoms with E-state index in [0.29, 0.717) is 16.6 Å². The van der Waals surface area contributed by atoms with Crippen molar-refractivity contribution in [1.29, 1.82) is 0 Å². The lowest BCUT2D eigenvalue weighted by atomic mass is 10.1. The smallest absolute Gasteiger partial charge is 0.267 e. The number of aromatic amines is 1. The number of halogens is 1. The number of amides is 1. The summed E-state index contributed by atoms with van der Waals surface area (Å²) in [5, 5.41) is 6.66. The summed E-state index contributed by atoms with van der Waals surface area (Å²) < 4.78 is 13.6. The summed E-state index contributed by atoms with van der Waals surface area (Å²) in [6.07, 6.45) is 2.04. The van der Waals surface area contributed by atoms with E-state index < -0.39 is 0 Å². The number of nitrogens with one attached hydrogen (secondary N) is 3. The lowest BCUT2D eigenvalue weighted by Gasteiger charge is -2.23. The molecule has 0 radical (unpaired) electrons. The molecule has 4 nitrogen and oxygen atoms in total. The Morgan fingerprint density at radius 3 is 3.05 bits per heavy atom. The van der Waals surface area contributed by atoms with Crippen molar-refractivity contribution in [3.8, 4) is 0 Å². The Bertz CT molecular complexity index is 602. The highest BCUT2D eigenvalue weighted by Gasteiger charge is 2.18. The van der Waals surface area contributed by atoms with Gasteiger partial charge in [0.1, 0.15) is 11.5 Å². The van der Waals surface area contributed by atoms with Gasteiger partial charge in [0.15, 0.2) is 0 Å². The monoisotopic (exact) mass is 261 g/mol. The zero-order chi connectivity index (χ0) is 13.2. The van der Waals surface area contributed by atoms with Crippen LogP contribution >= 0.6 is 0 Å². The molecule has 1 aliphatic rings. The molecular formula is C14H16FN3O. The van der Waals surface area contributed by atoms with Gasteiger partial charge in [-0.1, -0.05) is 6.07 Å². The summed E-state index contributed by atoms with van der Waals surface area (Å²) in [6.45, 7) is 1.80. The molecule has 19 heavy (non-hydrogen) atoms. The van der Waals surface area contributed by atoms with E-state index >= 15 is 0 Å². The van der Waals surface area contributed by atoms with Crippen LogP contribution in [0, 0.1) is 5.82 Å². The molecule has 1 aliphatic heterocycles. The highest BCUT2D eigenvalue weighted by Crippen LogP contribution is 2.18. The van der Waals surface area contributed by atoms with E-state index in [1.54, 1.807) is 18.2 Å². The second-order valence-electron chi connectivity index (χ2n) is 4.90. The Kier molecular flexibility index (Phi) is 3.21. The molecule has 1 atom stereocenters. The van der Waals surface area contributed by atoms with Crippen LogP contribution in [0.5, 0.6) is 0 Å². The molecule has 0 spiro atoms. The SMILES string of the molecule is O=C(NC1CCCNC1)c1cc2c(F)cccc2[nH]1. The first kappa shape index (κ1) is 12.2. The van der Waals surface area contributed by atoms with E-state index in [9.17, 15) is 9.18 Å². The maximum absolute atomic E-state index is 13.6. The van der Waals surface area contributed by atoms with Crippen LogP contribution < -0.4 is 10.6 Å². The van der Waals surface area contributed by atoms with Crippen LogP contribution in [0.2, 0.25) is 0 Å². The van der Waals surface area contributed by atoms with Crippen molar-refractivity contribution >= 4 is 16.8 Å². The summed E-state index contributed by atoms with van der Waals surface area (Å²) in [5.74, 6) is -0.489. The van der Waals surface area contributed by atoms with Gasteiger partial charge in [-0.05, 0) is 37.6 Å². The Hall–Kier alpha value is -1.88. The van der Waals surface area contributed by atoms with E-state index in [1.165, 1.54) is 6.07 Å². The first-order valence-electron chi connectivity index (χ1n) is 6.53. The van der Waals surface area contributed by atoms with E-state index in [-0.39, 0.29) is 17.8 Å². The van der Waals surface area contributed by atoms with E-state index in [4.69, 9.17) is 0 Å². The minimum absolute atomic E-state index is 0.150. The van der Waals surface area contributed by atoms with Crippen molar-refractivity contribution in [1.82, 2.24) is 15.6 Å². The second kappa shape index (κ2) is 5.01. The van der Waals surface area contributed by atoms with Gasteiger partial charge < -0.3 is 15.6 Å². The van der Waals surface area contributed by atoms with Crippen LogP contribution in [0.15, 0.2) is 24.3 Å². The number of fused-ring (bicyclic) bond motifs is 1. The molecule has 3 N–H and O–H groups in total. The largest absolute Gasteiger partial charge is 0.350 e. The fraction of sp³-hybridized carbons (Fsp3) is 0.357. The molecule has 0 aliphatic carbocycles. The number of aromatic nitrogens is 1. The predicted octanol–water partition coefficient (Wildman–Crippen LogP) is 1.79. The van der Waals surface area contributed by atoms with Crippen molar-refractivity contribution in [2.24, 2.45) is 0 Å². The fourth-order valence-electron chi connectivity index (χ4n) is 2.48. The molecule has 1 saturated heterocycles. The minimum Gasteiger partial charge on any atom is -0.350 e. The Morgan fingerprint density at radius 1 is 1.42 bits per heavy atom. The lowest BCUT2D eigenvalue weighted by molar-refractivity contribution is 0.0926. The van der Waals surface area contributed by atoms with Crippen LogP contribution in [0.1, 0.15) is 23.3 Å². The van der Waals surface area contributed by atoms with Gasteiger partial charge in [0, 0.05) is 23.5 Å². The molecule has 1 unspecified atom stereocenters. The Morgan fingerprint density at radius 2 is 2.32 bits per heavy atom. The van der Waals surface area contributed by atoms with Crippen LogP contribution in [-0.2, 0) is 0 Å². The van der Waals surface area contributed by atoms with Crippen LogP contribution in [0.3, 0.4) is 0 Å². The first-order valence-corrected chi connectivity index (χ1v) is 6.53. The number of carbonyl (C=O) groups excluding carboxylic acids is 1. The molecule has 1 amide bonds. The molecule has 2 heterocycles. The Balaban J connectivity index is 1.79. The third-order valence-corrected chi connectivity index (χ3v) is 3.49. The first-order chi connectivity index (χ1) is 9.24. The molecule has 1 aromatic heterocycles. The van der Waals surface area contributed by atoms with Gasteiger partial charge in [-0.2, -0.15) is 0 Å². The normalized spacial score (nSPS) is 19.5. The number of rotatable bonds is 2. The summed E-state index contributed by atoms with van der Waals surface area (Å²) in [4.78, 5) is 15.1. The molecule has 0 bridgehead atoms. The van der Waals surface area contributed by atoms with Gasteiger partial charge in [0.25, 0.3) is 5.91 Å². The lowest BCUT2D eigenvalue weighted by Crippen LogP contribution is -2.45. The van der Waals surface area contributed by atoms with E-state index in [0.717, 1.165) is 25.9 Å². The third-order valence-electron chi connectivity index (χ3n) is 3.49. The third kappa shape index (κ3) is 2.46. The summed E-state index contributed by atoms with van der Waals surface area (Å²) in [5.41, 5.74) is 1.05. The van der Waals surface area contributed by atoms with Gasteiger partial charge in [0.05, 0.1) is 0 Å². The van der Waals surface area contributed by atoms with Crippen molar-refractivity contribution in [2.45, 2.75) is 18.9 Å². The maximum Gasteiger partial charge on any atom is 0.267 e. The average Bonchev–Trinajstić information content (AvgIpc) is 2.85. The predicted molar refractivity (Wildman–Crippen MR) is 71.6 cm³/mol. The average molecular weight is 261 g/mol. The van der Waals surface area contributed by atoms with E-state index in [2.05, 4.69) is 15.6 Å². The second-order valence-corrected chi connectivity index (χ2v) is 4.90. The van der Waals surface area contributed by atoms with E-state index in [1.807, 2.05) is 0 Å². The van der Waals surface area contributed by atoms with Crippen molar-refractivity contribution in [3.63, 3.8) is 0 Å². The topological polar surface area (TPSA) is 56.9 Å². The van der Waals surface area contributed by atoms with Gasteiger partial charge in [-0.3, -0.25) is 4.79 Å². The summed E-state index contributed by atoms with van der Waals surface area (Å²) in [6, 6.07) is 6.50. The van der Waals surface area contributed by atoms with Gasteiger partial charge in [-0.15, -0.1) is 0 Å². The number of hydrogen-bond acceptors (Lipinski definition) is 2. The quantitative estimate of drug-likeness (QED) is 0.772. The number of H-pyrrole nitrogens is 1. The molecule has 0 saturated carbocycles. The highest BCUT2D eigenvalue weighted by molar-refractivity contribution is 5.98. The molecule has 1 aromatic carbocycles. The van der Waals surface area contributed by atoms with Crippen molar-refractivity contribution < 1.29 is 9.18 Å². The molecule has 1 fully saturated rings. The number of piperidine rings is 1. The summed E-state index contributed by atoms with van der Waals surface area (Å²) in [7, 11) is 0. The van der Waals surface area contributed by atoms with Crippen LogP contribution in [-0.4, -0.2) is 30.0 Å². The van der Waals surface area contributed by atoms with Crippen LogP contribution in [0.25, 0.3) is 10.9 Å². The number of benzene rings is 1. The fourth-order valence-corrected chi connectivity index (χ4v) is 2.48. The zero-order valence-electron chi connectivity index (χ0n) is 10.5. The summed E-state index contributed by atoms with van der Waals surface area (Å²) >= 11 is 0. The Labute approximate surface area is 110 Å². The van der Waals surface area contributed by atoms with Gasteiger partial charge in [-0.25, -0.2) is 4.39 Å².